The van der Waals surface area contributed by atoms with E-state index in [1.807, 2.05) is 0 Å². The molecule has 0 aromatic heterocycles. The topological polar surface area (TPSA) is 30.9 Å². The lowest BCUT2D eigenvalue weighted by Crippen LogP contribution is -2.45. The van der Waals surface area contributed by atoms with E-state index in [0.717, 1.165) is 44.7 Å². The van der Waals surface area contributed by atoms with E-state index >= 15 is 0 Å². The number of hydrogen-bond acceptors (Lipinski definition) is 4. The molecule has 3 rings (SSSR count). The summed E-state index contributed by atoms with van der Waals surface area (Å²) in [4.78, 5) is 2.56. The maximum absolute atomic E-state index is 5.79. The molecule has 4 heteroatoms. The fourth-order valence-corrected chi connectivity index (χ4v) is 3.70. The van der Waals surface area contributed by atoms with Gasteiger partial charge in [0.1, 0.15) is 18.8 Å². The molecule has 2 atom stereocenters. The molecule has 0 aromatic rings. The fraction of sp³-hybridized carbons (Fsp3) is 0.579. The number of allylic oxidation sites excluding steroid dienone is 3. The maximum atomic E-state index is 5.79. The average Bonchev–Trinajstić information content (AvgIpc) is 2.62. The first-order valence-electron chi connectivity index (χ1n) is 8.64. The third kappa shape index (κ3) is 4.27. The molecule has 23 heavy (non-hydrogen) atoms. The van der Waals surface area contributed by atoms with E-state index in [4.69, 9.17) is 14.2 Å². The van der Waals surface area contributed by atoms with Crippen LogP contribution in [0.2, 0.25) is 0 Å². The molecule has 0 spiro atoms. The number of methoxy groups -OCH3 is 1. The van der Waals surface area contributed by atoms with Gasteiger partial charge in [0, 0.05) is 20.3 Å². The minimum atomic E-state index is 0.190. The van der Waals surface area contributed by atoms with Crippen molar-refractivity contribution in [2.24, 2.45) is 5.92 Å². The SMILES string of the molecule is COCCC1CCCN(C(C2=CC=CCC2)C2=COC=CO2)C1. The molecule has 0 saturated carbocycles. The summed E-state index contributed by atoms with van der Waals surface area (Å²) >= 11 is 0. The zero-order valence-electron chi connectivity index (χ0n) is 13.9. The Bertz CT molecular complexity index is 507. The van der Waals surface area contributed by atoms with E-state index in [9.17, 15) is 0 Å². The normalized spacial score (nSPS) is 26.0. The molecule has 0 N–H and O–H groups in total. The Morgan fingerprint density at radius 3 is 3.09 bits per heavy atom. The van der Waals surface area contributed by atoms with Gasteiger partial charge in [-0.1, -0.05) is 18.2 Å². The Balaban J connectivity index is 1.75. The fourth-order valence-electron chi connectivity index (χ4n) is 3.70. The molecule has 0 aromatic carbocycles. The lowest BCUT2D eigenvalue weighted by atomic mass is 9.89. The van der Waals surface area contributed by atoms with Gasteiger partial charge in [0.25, 0.3) is 0 Å². The quantitative estimate of drug-likeness (QED) is 0.747. The molecule has 3 aliphatic rings. The van der Waals surface area contributed by atoms with E-state index in [2.05, 4.69) is 23.1 Å². The lowest BCUT2D eigenvalue weighted by molar-refractivity contribution is 0.0944. The van der Waals surface area contributed by atoms with E-state index in [1.165, 1.54) is 18.4 Å². The number of rotatable bonds is 6. The summed E-state index contributed by atoms with van der Waals surface area (Å²) in [6.07, 6.45) is 17.5. The molecular weight excluding hydrogens is 290 g/mol. The van der Waals surface area contributed by atoms with Crippen LogP contribution in [-0.4, -0.2) is 37.7 Å². The second kappa shape index (κ2) is 8.37. The van der Waals surface area contributed by atoms with Crippen LogP contribution in [0.5, 0.6) is 0 Å². The summed E-state index contributed by atoms with van der Waals surface area (Å²) in [5, 5.41) is 0. The van der Waals surface area contributed by atoms with Crippen molar-refractivity contribution in [2.45, 2.75) is 38.1 Å². The van der Waals surface area contributed by atoms with Crippen molar-refractivity contribution in [2.75, 3.05) is 26.8 Å². The third-order valence-corrected chi connectivity index (χ3v) is 4.84. The molecule has 2 unspecified atom stereocenters. The number of likely N-dealkylation sites (tertiary alicyclic amines) is 1. The smallest absolute Gasteiger partial charge is 0.160 e. The van der Waals surface area contributed by atoms with Crippen LogP contribution >= 0.6 is 0 Å². The van der Waals surface area contributed by atoms with Crippen LogP contribution in [0.4, 0.5) is 0 Å². The lowest BCUT2D eigenvalue weighted by Gasteiger charge is -2.40. The first-order valence-corrected chi connectivity index (χ1v) is 8.64. The van der Waals surface area contributed by atoms with Crippen LogP contribution in [0.15, 0.2) is 48.3 Å². The molecule has 126 valence electrons. The van der Waals surface area contributed by atoms with Crippen LogP contribution in [0, 0.1) is 5.92 Å². The van der Waals surface area contributed by atoms with Gasteiger partial charge in [-0.2, -0.15) is 0 Å². The van der Waals surface area contributed by atoms with Gasteiger partial charge >= 0.3 is 0 Å². The highest BCUT2D eigenvalue weighted by atomic mass is 16.5. The Labute approximate surface area is 139 Å². The molecule has 0 radical (unpaired) electrons. The van der Waals surface area contributed by atoms with Gasteiger partial charge in [0.15, 0.2) is 5.76 Å². The van der Waals surface area contributed by atoms with Crippen molar-refractivity contribution in [3.63, 3.8) is 0 Å². The Hall–Kier alpha value is -1.52. The second-order valence-corrected chi connectivity index (χ2v) is 6.44. The van der Waals surface area contributed by atoms with Crippen LogP contribution in [-0.2, 0) is 14.2 Å². The predicted molar refractivity (Wildman–Crippen MR) is 90.4 cm³/mol. The van der Waals surface area contributed by atoms with Crippen molar-refractivity contribution in [3.8, 4) is 0 Å². The van der Waals surface area contributed by atoms with E-state index in [1.54, 1.807) is 25.9 Å². The van der Waals surface area contributed by atoms with Gasteiger partial charge in [0.05, 0.1) is 6.04 Å². The van der Waals surface area contributed by atoms with E-state index in [-0.39, 0.29) is 6.04 Å². The summed E-state index contributed by atoms with van der Waals surface area (Å²) in [6.45, 7) is 3.05. The molecule has 0 amide bonds. The molecule has 1 aliphatic carbocycles. The first kappa shape index (κ1) is 16.3. The van der Waals surface area contributed by atoms with Crippen LogP contribution in [0.3, 0.4) is 0 Å². The Morgan fingerprint density at radius 2 is 2.35 bits per heavy atom. The van der Waals surface area contributed by atoms with Crippen molar-refractivity contribution < 1.29 is 14.2 Å². The van der Waals surface area contributed by atoms with Gasteiger partial charge in [-0.05, 0) is 50.1 Å². The minimum absolute atomic E-state index is 0.190. The number of piperidine rings is 1. The average molecular weight is 317 g/mol. The van der Waals surface area contributed by atoms with Gasteiger partial charge in [-0.3, -0.25) is 4.90 Å². The highest BCUT2D eigenvalue weighted by molar-refractivity contribution is 5.29. The molecule has 2 aliphatic heterocycles. The maximum Gasteiger partial charge on any atom is 0.160 e. The van der Waals surface area contributed by atoms with Crippen LogP contribution < -0.4 is 0 Å². The molecule has 1 saturated heterocycles. The van der Waals surface area contributed by atoms with E-state index < -0.39 is 0 Å². The van der Waals surface area contributed by atoms with Crippen LogP contribution in [0.1, 0.15) is 32.1 Å². The summed E-state index contributed by atoms with van der Waals surface area (Å²) in [5.74, 6) is 1.60. The summed E-state index contributed by atoms with van der Waals surface area (Å²) in [6, 6.07) is 0.190. The molecule has 2 heterocycles. The van der Waals surface area contributed by atoms with Gasteiger partial charge in [-0.25, -0.2) is 0 Å². The first-order chi connectivity index (χ1) is 11.4. The van der Waals surface area contributed by atoms with Gasteiger partial charge in [-0.15, -0.1) is 0 Å². The van der Waals surface area contributed by atoms with Crippen molar-refractivity contribution >= 4 is 0 Å². The van der Waals surface area contributed by atoms with Crippen LogP contribution in [0.25, 0.3) is 0 Å². The zero-order valence-corrected chi connectivity index (χ0v) is 13.9. The van der Waals surface area contributed by atoms with Crippen molar-refractivity contribution in [3.05, 3.63) is 48.3 Å². The highest BCUT2D eigenvalue weighted by Crippen LogP contribution is 2.31. The summed E-state index contributed by atoms with van der Waals surface area (Å²) in [7, 11) is 1.78. The Morgan fingerprint density at radius 1 is 1.39 bits per heavy atom. The second-order valence-electron chi connectivity index (χ2n) is 6.44. The van der Waals surface area contributed by atoms with Gasteiger partial charge in [0.2, 0.25) is 0 Å². The van der Waals surface area contributed by atoms with Crippen molar-refractivity contribution in [1.29, 1.82) is 0 Å². The molecule has 4 nitrogen and oxygen atoms in total. The van der Waals surface area contributed by atoms with Gasteiger partial charge < -0.3 is 14.2 Å². The molecular formula is C19H27NO3. The summed E-state index contributed by atoms with van der Waals surface area (Å²) < 4.78 is 16.4. The zero-order chi connectivity index (χ0) is 15.9. The van der Waals surface area contributed by atoms with E-state index in [0.29, 0.717) is 5.92 Å². The van der Waals surface area contributed by atoms with Crippen molar-refractivity contribution in [1.82, 2.24) is 4.90 Å². The standard InChI is InChI=1S/C19H27NO3/c1-21-11-9-16-6-5-10-20(14-16)19(17-7-3-2-4-8-17)18-15-22-12-13-23-18/h2-3,7,12-13,15-16,19H,4-6,8-11,14H2,1H3. The Kier molecular flexibility index (Phi) is 5.94. The molecule has 1 fully saturated rings. The summed E-state index contributed by atoms with van der Waals surface area (Å²) in [5.41, 5.74) is 1.42. The number of hydrogen-bond donors (Lipinski definition) is 0. The third-order valence-electron chi connectivity index (χ3n) is 4.84. The predicted octanol–water partition coefficient (Wildman–Crippen LogP) is 3.74. The monoisotopic (exact) mass is 317 g/mol. The minimum Gasteiger partial charge on any atom is -0.466 e. The largest absolute Gasteiger partial charge is 0.466 e. The number of ether oxygens (including phenoxy) is 3. The highest BCUT2D eigenvalue weighted by Gasteiger charge is 2.32. The number of nitrogens with zero attached hydrogens (tertiary/aromatic N) is 1. The molecule has 0 bridgehead atoms.